The first kappa shape index (κ1) is 19.8. The number of carbonyl (C=O) groups is 1. The summed E-state index contributed by atoms with van der Waals surface area (Å²) < 4.78 is 46.7. The Bertz CT molecular complexity index is 663. The van der Waals surface area contributed by atoms with Crippen molar-refractivity contribution >= 4 is 11.6 Å². The van der Waals surface area contributed by atoms with Crippen molar-refractivity contribution in [1.82, 2.24) is 10.6 Å². The summed E-state index contributed by atoms with van der Waals surface area (Å²) in [5, 5.41) is 6.26. The van der Waals surface area contributed by atoms with Crippen LogP contribution >= 0.6 is 0 Å². The molecular formula is C18H24F3N3O3. The van der Waals surface area contributed by atoms with Crippen LogP contribution in [-0.4, -0.2) is 57.2 Å². The van der Waals surface area contributed by atoms with Gasteiger partial charge in [-0.2, -0.15) is 0 Å². The number of piperidine rings is 1. The van der Waals surface area contributed by atoms with E-state index in [0.29, 0.717) is 38.0 Å². The molecule has 3 rings (SSSR count). The molecule has 0 radical (unpaired) electrons. The summed E-state index contributed by atoms with van der Waals surface area (Å²) in [5.74, 6) is -0.368. The Balaban J connectivity index is 1.60. The van der Waals surface area contributed by atoms with Crippen LogP contribution in [0, 0.1) is 0 Å². The van der Waals surface area contributed by atoms with Crippen molar-refractivity contribution in [3.8, 4) is 5.75 Å². The van der Waals surface area contributed by atoms with Gasteiger partial charge in [-0.3, -0.25) is 4.79 Å². The Morgan fingerprint density at radius 1 is 1.33 bits per heavy atom. The van der Waals surface area contributed by atoms with Gasteiger partial charge in [0.1, 0.15) is 11.4 Å². The van der Waals surface area contributed by atoms with Crippen LogP contribution in [0.2, 0.25) is 0 Å². The molecule has 2 N–H and O–H groups in total. The van der Waals surface area contributed by atoms with Crippen LogP contribution in [0.5, 0.6) is 5.75 Å². The van der Waals surface area contributed by atoms with E-state index in [1.165, 1.54) is 18.2 Å². The molecule has 2 fully saturated rings. The van der Waals surface area contributed by atoms with Gasteiger partial charge < -0.3 is 25.0 Å². The van der Waals surface area contributed by atoms with Crippen LogP contribution in [0.1, 0.15) is 19.3 Å². The highest BCUT2D eigenvalue weighted by atomic mass is 19.4. The molecule has 0 bridgehead atoms. The third-order valence-corrected chi connectivity index (χ3v) is 5.16. The number of carbonyl (C=O) groups excluding carboxylic acids is 1. The van der Waals surface area contributed by atoms with Gasteiger partial charge in [-0.25, -0.2) is 0 Å². The first-order valence-electron chi connectivity index (χ1n) is 8.99. The number of anilines is 1. The molecule has 6 nitrogen and oxygen atoms in total. The van der Waals surface area contributed by atoms with Crippen molar-refractivity contribution in [1.29, 1.82) is 0 Å². The molecule has 0 aliphatic carbocycles. The van der Waals surface area contributed by atoms with Gasteiger partial charge in [-0.15, -0.1) is 13.2 Å². The van der Waals surface area contributed by atoms with E-state index in [9.17, 15) is 18.0 Å². The summed E-state index contributed by atoms with van der Waals surface area (Å²) >= 11 is 0. The number of halogens is 3. The molecule has 0 saturated carbocycles. The Hall–Kier alpha value is -2.00. The SMILES string of the molecule is COC1(C(=O)NC2CCN(c3cccc(OC(F)(F)F)c3)C2)CCNCC1. The summed E-state index contributed by atoms with van der Waals surface area (Å²) in [6.45, 7) is 2.62. The number of hydrogen-bond donors (Lipinski definition) is 2. The number of ether oxygens (including phenoxy) is 2. The number of nitrogens with zero attached hydrogens (tertiary/aromatic N) is 1. The molecule has 27 heavy (non-hydrogen) atoms. The average Bonchev–Trinajstić information content (AvgIpc) is 3.09. The third-order valence-electron chi connectivity index (χ3n) is 5.16. The summed E-state index contributed by atoms with van der Waals surface area (Å²) in [7, 11) is 1.55. The summed E-state index contributed by atoms with van der Waals surface area (Å²) in [6, 6.07) is 5.81. The molecule has 150 valence electrons. The average molecular weight is 387 g/mol. The molecule has 0 spiro atoms. The van der Waals surface area contributed by atoms with Crippen LogP contribution < -0.4 is 20.3 Å². The lowest BCUT2D eigenvalue weighted by Crippen LogP contribution is -2.56. The van der Waals surface area contributed by atoms with Crippen LogP contribution in [0.4, 0.5) is 18.9 Å². The monoisotopic (exact) mass is 387 g/mol. The number of benzene rings is 1. The zero-order valence-corrected chi connectivity index (χ0v) is 15.1. The second kappa shape index (κ2) is 7.93. The highest BCUT2D eigenvalue weighted by molar-refractivity contribution is 5.85. The fourth-order valence-corrected chi connectivity index (χ4v) is 3.66. The molecule has 1 amide bonds. The Morgan fingerprint density at radius 3 is 2.74 bits per heavy atom. The van der Waals surface area contributed by atoms with Gasteiger partial charge in [-0.1, -0.05) is 6.07 Å². The van der Waals surface area contributed by atoms with Crippen molar-refractivity contribution in [3.05, 3.63) is 24.3 Å². The normalized spacial score (nSPS) is 22.5. The van der Waals surface area contributed by atoms with E-state index in [4.69, 9.17) is 4.74 Å². The molecule has 9 heteroatoms. The molecule has 2 saturated heterocycles. The van der Waals surface area contributed by atoms with Crippen LogP contribution in [0.25, 0.3) is 0 Å². The Morgan fingerprint density at radius 2 is 2.07 bits per heavy atom. The molecule has 1 atom stereocenters. The predicted molar refractivity (Wildman–Crippen MR) is 93.7 cm³/mol. The summed E-state index contributed by atoms with van der Waals surface area (Å²) in [6.07, 6.45) is -2.78. The third kappa shape index (κ3) is 4.84. The van der Waals surface area contributed by atoms with Crippen molar-refractivity contribution in [3.63, 3.8) is 0 Å². The molecule has 1 aromatic carbocycles. The minimum absolute atomic E-state index is 0.0772. The summed E-state index contributed by atoms with van der Waals surface area (Å²) in [4.78, 5) is 14.7. The predicted octanol–water partition coefficient (Wildman–Crippen LogP) is 2.05. The van der Waals surface area contributed by atoms with Crippen LogP contribution in [-0.2, 0) is 9.53 Å². The topological polar surface area (TPSA) is 62.8 Å². The maximum absolute atomic E-state index is 12.7. The van der Waals surface area contributed by atoms with E-state index < -0.39 is 12.0 Å². The number of rotatable bonds is 5. The smallest absolute Gasteiger partial charge is 0.406 e. The molecule has 2 aliphatic rings. The van der Waals surface area contributed by atoms with Gasteiger partial charge in [0.25, 0.3) is 5.91 Å². The van der Waals surface area contributed by atoms with Crippen LogP contribution in [0.15, 0.2) is 24.3 Å². The second-order valence-electron chi connectivity index (χ2n) is 6.90. The molecule has 1 unspecified atom stereocenters. The molecule has 2 heterocycles. The van der Waals surface area contributed by atoms with Crippen molar-refractivity contribution < 1.29 is 27.4 Å². The standard InChI is InChI=1S/C18H24F3N3O3/c1-26-17(6-8-22-9-7-17)16(25)23-13-5-10-24(12-13)14-3-2-4-15(11-14)27-18(19,20)21/h2-4,11,13,22H,5-10,12H2,1H3,(H,23,25). The number of alkyl halides is 3. The molecule has 1 aromatic rings. The lowest BCUT2D eigenvalue weighted by molar-refractivity contribution is -0.274. The number of methoxy groups -OCH3 is 1. The zero-order valence-electron chi connectivity index (χ0n) is 15.1. The summed E-state index contributed by atoms with van der Waals surface area (Å²) in [5.41, 5.74) is -0.170. The second-order valence-corrected chi connectivity index (χ2v) is 6.90. The maximum atomic E-state index is 12.7. The minimum Gasteiger partial charge on any atom is -0.406 e. The van der Waals surface area contributed by atoms with Crippen LogP contribution in [0.3, 0.4) is 0 Å². The maximum Gasteiger partial charge on any atom is 0.573 e. The zero-order chi connectivity index (χ0) is 19.5. The lowest BCUT2D eigenvalue weighted by atomic mass is 9.90. The number of nitrogens with one attached hydrogen (secondary N) is 2. The van der Waals surface area contributed by atoms with Gasteiger partial charge in [0.05, 0.1) is 0 Å². The Labute approximate surface area is 156 Å². The van der Waals surface area contributed by atoms with E-state index in [1.54, 1.807) is 13.2 Å². The van der Waals surface area contributed by atoms with Gasteiger partial charge in [-0.05, 0) is 44.5 Å². The highest BCUT2D eigenvalue weighted by Gasteiger charge is 2.41. The minimum atomic E-state index is -4.72. The fraction of sp³-hybridized carbons (Fsp3) is 0.611. The van der Waals surface area contributed by atoms with E-state index in [1.807, 2.05) is 4.90 Å². The fourth-order valence-electron chi connectivity index (χ4n) is 3.66. The molecular weight excluding hydrogens is 363 g/mol. The van der Waals surface area contributed by atoms with E-state index in [0.717, 1.165) is 13.1 Å². The quantitative estimate of drug-likeness (QED) is 0.810. The van der Waals surface area contributed by atoms with Gasteiger partial charge in [0.15, 0.2) is 0 Å². The first-order chi connectivity index (χ1) is 12.8. The van der Waals surface area contributed by atoms with E-state index in [2.05, 4.69) is 15.4 Å². The van der Waals surface area contributed by atoms with Gasteiger partial charge >= 0.3 is 6.36 Å². The van der Waals surface area contributed by atoms with E-state index >= 15 is 0 Å². The van der Waals surface area contributed by atoms with Gasteiger partial charge in [0.2, 0.25) is 0 Å². The van der Waals surface area contributed by atoms with Crippen molar-refractivity contribution in [2.24, 2.45) is 0 Å². The largest absolute Gasteiger partial charge is 0.573 e. The van der Waals surface area contributed by atoms with Crippen molar-refractivity contribution in [2.75, 3.05) is 38.2 Å². The van der Waals surface area contributed by atoms with Crippen molar-refractivity contribution in [2.45, 2.75) is 37.3 Å². The molecule has 0 aromatic heterocycles. The molecule has 2 aliphatic heterocycles. The Kier molecular flexibility index (Phi) is 5.81. The highest BCUT2D eigenvalue weighted by Crippen LogP contribution is 2.29. The lowest BCUT2D eigenvalue weighted by Gasteiger charge is -2.35. The van der Waals surface area contributed by atoms with E-state index in [-0.39, 0.29) is 17.7 Å². The first-order valence-corrected chi connectivity index (χ1v) is 8.99. The number of hydrogen-bond acceptors (Lipinski definition) is 5. The number of amides is 1. The van der Waals surface area contributed by atoms with Gasteiger partial charge in [0, 0.05) is 38.0 Å².